The first kappa shape index (κ1) is 19.3. The van der Waals surface area contributed by atoms with Gasteiger partial charge in [-0.3, -0.25) is 14.6 Å². The number of imidazole rings is 1. The van der Waals surface area contributed by atoms with Crippen molar-refractivity contribution in [2.24, 2.45) is 5.73 Å². The van der Waals surface area contributed by atoms with Crippen LogP contribution in [0.3, 0.4) is 0 Å². The number of halogens is 1. The maximum Gasteiger partial charge on any atom is 0.252 e. The first-order chi connectivity index (χ1) is 14.5. The first-order valence-corrected chi connectivity index (χ1v) is 9.24. The van der Waals surface area contributed by atoms with Gasteiger partial charge in [0, 0.05) is 29.9 Å². The van der Waals surface area contributed by atoms with E-state index >= 15 is 0 Å². The molecule has 2 amide bonds. The van der Waals surface area contributed by atoms with E-state index < -0.39 is 17.9 Å². The molecule has 4 aromatic rings. The van der Waals surface area contributed by atoms with Gasteiger partial charge in [-0.2, -0.15) is 0 Å². The van der Waals surface area contributed by atoms with E-state index in [9.17, 15) is 14.0 Å². The van der Waals surface area contributed by atoms with E-state index in [1.54, 1.807) is 42.7 Å². The van der Waals surface area contributed by atoms with Gasteiger partial charge in [-0.05, 0) is 48.0 Å². The van der Waals surface area contributed by atoms with E-state index in [4.69, 9.17) is 5.73 Å². The minimum Gasteiger partial charge on any atom is -0.368 e. The number of primary amides is 1. The van der Waals surface area contributed by atoms with Gasteiger partial charge in [0.25, 0.3) is 5.91 Å². The van der Waals surface area contributed by atoms with Crippen LogP contribution in [0, 0.1) is 5.82 Å². The molecule has 150 valence electrons. The Morgan fingerprint density at radius 2 is 1.80 bits per heavy atom. The number of amides is 2. The number of H-pyrrole nitrogens is 1. The number of aromatic amines is 1. The first-order valence-electron chi connectivity index (χ1n) is 9.24. The SMILES string of the molecule is NC(=O)[C@@H](Cc1ccc(F)cc1)NC(=O)c1ccc2nc(-c3ccncc3)[nH]c2c1. The predicted molar refractivity (Wildman–Crippen MR) is 110 cm³/mol. The van der Waals surface area contributed by atoms with Crippen LogP contribution in [0.15, 0.2) is 67.0 Å². The number of fused-ring (bicyclic) bond motifs is 1. The molecular weight excluding hydrogens is 385 g/mol. The maximum absolute atomic E-state index is 13.1. The van der Waals surface area contributed by atoms with Crippen molar-refractivity contribution in [3.8, 4) is 11.4 Å². The van der Waals surface area contributed by atoms with E-state index in [0.717, 1.165) is 5.56 Å². The van der Waals surface area contributed by atoms with Crippen molar-refractivity contribution in [3.63, 3.8) is 0 Å². The molecular formula is C22H18FN5O2. The second kappa shape index (κ2) is 8.12. The van der Waals surface area contributed by atoms with Crippen molar-refractivity contribution >= 4 is 22.8 Å². The summed E-state index contributed by atoms with van der Waals surface area (Å²) >= 11 is 0. The number of nitrogens with one attached hydrogen (secondary N) is 2. The van der Waals surface area contributed by atoms with E-state index in [1.807, 2.05) is 12.1 Å². The Bertz CT molecular complexity index is 1210. The molecule has 4 rings (SSSR count). The van der Waals surface area contributed by atoms with E-state index in [1.165, 1.54) is 12.1 Å². The lowest BCUT2D eigenvalue weighted by atomic mass is 10.0. The highest BCUT2D eigenvalue weighted by Crippen LogP contribution is 2.21. The van der Waals surface area contributed by atoms with Crippen molar-refractivity contribution in [1.82, 2.24) is 20.3 Å². The van der Waals surface area contributed by atoms with Gasteiger partial charge in [0.1, 0.15) is 17.7 Å². The highest BCUT2D eigenvalue weighted by Gasteiger charge is 2.20. The summed E-state index contributed by atoms with van der Waals surface area (Å²) in [6, 6.07) is 13.4. The summed E-state index contributed by atoms with van der Waals surface area (Å²) in [5.74, 6) is -0.827. The summed E-state index contributed by atoms with van der Waals surface area (Å²) in [6.45, 7) is 0. The third kappa shape index (κ3) is 4.17. The number of pyridine rings is 1. The molecule has 0 bridgehead atoms. The molecule has 0 unspecified atom stereocenters. The summed E-state index contributed by atoms with van der Waals surface area (Å²) in [5.41, 5.74) is 8.76. The molecule has 30 heavy (non-hydrogen) atoms. The lowest BCUT2D eigenvalue weighted by Crippen LogP contribution is -2.45. The van der Waals surface area contributed by atoms with Crippen LogP contribution >= 0.6 is 0 Å². The number of nitrogens with zero attached hydrogens (tertiary/aromatic N) is 2. The van der Waals surface area contributed by atoms with Gasteiger partial charge in [0.2, 0.25) is 5.91 Å². The summed E-state index contributed by atoms with van der Waals surface area (Å²) in [6.07, 6.45) is 3.51. The number of hydrogen-bond acceptors (Lipinski definition) is 4. The molecule has 8 heteroatoms. The monoisotopic (exact) mass is 403 g/mol. The Labute approximate surface area is 171 Å². The molecule has 1 atom stereocenters. The zero-order valence-corrected chi connectivity index (χ0v) is 15.8. The van der Waals surface area contributed by atoms with Crippen LogP contribution in [0.2, 0.25) is 0 Å². The standard InChI is InChI=1S/C22H18FN5O2/c23-16-4-1-13(2-5-16)11-19(20(24)29)28-22(30)15-3-6-17-18(12-15)27-21(26-17)14-7-9-25-10-8-14/h1-10,12,19H,11H2,(H2,24,29)(H,26,27)(H,28,30)/t19-/m1/s1. The summed E-state index contributed by atoms with van der Waals surface area (Å²) in [7, 11) is 0. The molecule has 0 fully saturated rings. The number of nitrogens with two attached hydrogens (primary N) is 1. The van der Waals surface area contributed by atoms with Gasteiger partial charge < -0.3 is 16.0 Å². The van der Waals surface area contributed by atoms with Gasteiger partial charge >= 0.3 is 0 Å². The average Bonchev–Trinajstić information content (AvgIpc) is 3.18. The van der Waals surface area contributed by atoms with Gasteiger partial charge in [-0.15, -0.1) is 0 Å². The normalized spacial score (nSPS) is 11.9. The predicted octanol–water partition coefficient (Wildman–Crippen LogP) is 2.59. The van der Waals surface area contributed by atoms with E-state index in [2.05, 4.69) is 20.3 Å². The highest BCUT2D eigenvalue weighted by atomic mass is 19.1. The van der Waals surface area contributed by atoms with Crippen molar-refractivity contribution in [3.05, 3.63) is 83.9 Å². The number of rotatable bonds is 6. The van der Waals surface area contributed by atoms with Gasteiger partial charge in [-0.1, -0.05) is 12.1 Å². The second-order valence-electron chi connectivity index (χ2n) is 6.81. The van der Waals surface area contributed by atoms with Crippen LogP contribution in [-0.4, -0.2) is 32.8 Å². The number of carbonyl (C=O) groups excluding carboxylic acids is 2. The quantitative estimate of drug-likeness (QED) is 0.459. The van der Waals surface area contributed by atoms with E-state index in [-0.39, 0.29) is 12.2 Å². The number of benzene rings is 2. The van der Waals surface area contributed by atoms with Gasteiger partial charge in [0.15, 0.2) is 0 Å². The van der Waals surface area contributed by atoms with Crippen molar-refractivity contribution in [1.29, 1.82) is 0 Å². The molecule has 7 nitrogen and oxygen atoms in total. The Hall–Kier alpha value is -4.07. The summed E-state index contributed by atoms with van der Waals surface area (Å²) in [4.78, 5) is 36.2. The molecule has 0 spiro atoms. The highest BCUT2D eigenvalue weighted by molar-refractivity contribution is 6.00. The van der Waals surface area contributed by atoms with Crippen LogP contribution < -0.4 is 11.1 Å². The second-order valence-corrected chi connectivity index (χ2v) is 6.81. The average molecular weight is 403 g/mol. The summed E-state index contributed by atoms with van der Waals surface area (Å²) in [5, 5.41) is 2.65. The number of aromatic nitrogens is 3. The van der Waals surface area contributed by atoms with Crippen LogP contribution in [0.4, 0.5) is 4.39 Å². The Morgan fingerprint density at radius 1 is 1.07 bits per heavy atom. The lowest BCUT2D eigenvalue weighted by molar-refractivity contribution is -0.119. The molecule has 2 heterocycles. The molecule has 0 radical (unpaired) electrons. The van der Waals surface area contributed by atoms with Crippen molar-refractivity contribution < 1.29 is 14.0 Å². The largest absolute Gasteiger partial charge is 0.368 e. The molecule has 2 aromatic heterocycles. The van der Waals surface area contributed by atoms with E-state index in [0.29, 0.717) is 28.0 Å². The van der Waals surface area contributed by atoms with Crippen LogP contribution in [0.1, 0.15) is 15.9 Å². The number of hydrogen-bond donors (Lipinski definition) is 3. The maximum atomic E-state index is 13.1. The minimum absolute atomic E-state index is 0.167. The lowest BCUT2D eigenvalue weighted by Gasteiger charge is -2.15. The molecule has 2 aromatic carbocycles. The third-order valence-corrected chi connectivity index (χ3v) is 4.70. The minimum atomic E-state index is -0.923. The fraction of sp³-hybridized carbons (Fsp3) is 0.0909. The van der Waals surface area contributed by atoms with Gasteiger partial charge in [-0.25, -0.2) is 9.37 Å². The zero-order chi connectivity index (χ0) is 21.1. The topological polar surface area (TPSA) is 114 Å². The Morgan fingerprint density at radius 3 is 2.50 bits per heavy atom. The molecule has 0 aliphatic carbocycles. The zero-order valence-electron chi connectivity index (χ0n) is 15.8. The molecule has 0 aliphatic rings. The third-order valence-electron chi connectivity index (χ3n) is 4.70. The molecule has 0 aliphatic heterocycles. The van der Waals surface area contributed by atoms with Crippen molar-refractivity contribution in [2.75, 3.05) is 0 Å². The summed E-state index contributed by atoms with van der Waals surface area (Å²) < 4.78 is 13.1. The van der Waals surface area contributed by atoms with Crippen LogP contribution in [-0.2, 0) is 11.2 Å². The van der Waals surface area contributed by atoms with Crippen LogP contribution in [0.5, 0.6) is 0 Å². The fourth-order valence-electron chi connectivity index (χ4n) is 3.12. The van der Waals surface area contributed by atoms with Crippen LogP contribution in [0.25, 0.3) is 22.4 Å². The molecule has 0 saturated heterocycles. The van der Waals surface area contributed by atoms with Gasteiger partial charge in [0.05, 0.1) is 11.0 Å². The molecule has 4 N–H and O–H groups in total. The smallest absolute Gasteiger partial charge is 0.252 e. The fourth-order valence-corrected chi connectivity index (χ4v) is 3.12. The van der Waals surface area contributed by atoms with Crippen molar-refractivity contribution in [2.45, 2.75) is 12.5 Å². The molecule has 0 saturated carbocycles. The number of carbonyl (C=O) groups is 2. The Kier molecular flexibility index (Phi) is 5.21. The Balaban J connectivity index is 1.54.